The van der Waals surface area contributed by atoms with Crippen LogP contribution in [-0.4, -0.2) is 0 Å². The second-order valence-corrected chi connectivity index (χ2v) is 10.8. The van der Waals surface area contributed by atoms with Crippen molar-refractivity contribution < 1.29 is 17.4 Å². The van der Waals surface area contributed by atoms with Crippen molar-refractivity contribution in [1.29, 1.82) is 0 Å². The monoisotopic (exact) mass is 460 g/mol. The van der Waals surface area contributed by atoms with Crippen LogP contribution >= 0.6 is 0 Å². The van der Waals surface area contributed by atoms with Crippen LogP contribution in [0.1, 0.15) is 152 Å². The van der Waals surface area contributed by atoms with Gasteiger partial charge in [0.15, 0.2) is 0 Å². The summed E-state index contributed by atoms with van der Waals surface area (Å²) in [5.41, 5.74) is 8.86. The van der Waals surface area contributed by atoms with Crippen molar-refractivity contribution in [1.82, 2.24) is 0 Å². The molecular weight excluding hydrogens is 412 g/mol. The number of benzene rings is 2. The normalized spacial score (nSPS) is 11.4. The van der Waals surface area contributed by atoms with Crippen molar-refractivity contribution in [2.75, 3.05) is 0 Å². The summed E-state index contributed by atoms with van der Waals surface area (Å²) in [5.74, 6) is 3.76. The van der Waals surface area contributed by atoms with Gasteiger partial charge in [-0.3, -0.25) is 0 Å². The van der Waals surface area contributed by atoms with Gasteiger partial charge in [-0.2, -0.15) is 0 Å². The van der Waals surface area contributed by atoms with Gasteiger partial charge in [-0.25, -0.2) is 0 Å². The molecule has 0 amide bonds. The van der Waals surface area contributed by atoms with Gasteiger partial charge in [0.1, 0.15) is 0 Å². The van der Waals surface area contributed by atoms with Gasteiger partial charge in [-0.05, 0) is 68.9 Å². The molecule has 2 aromatic carbocycles. The molecule has 0 saturated heterocycles. The topological polar surface area (TPSA) is 0 Å². The van der Waals surface area contributed by atoms with Crippen LogP contribution < -0.4 is 0 Å². The van der Waals surface area contributed by atoms with Crippen molar-refractivity contribution >= 4 is 0 Å². The zero-order valence-corrected chi connectivity index (χ0v) is 23.6. The van der Waals surface area contributed by atoms with Gasteiger partial charge in [0.25, 0.3) is 0 Å². The third-order valence-corrected chi connectivity index (χ3v) is 6.00. The molecule has 0 saturated carbocycles. The maximum Gasteiger partial charge on any atom is 0 e. The first-order chi connectivity index (χ1) is 13.8. The van der Waals surface area contributed by atoms with Crippen LogP contribution in [0.15, 0.2) is 36.4 Å². The van der Waals surface area contributed by atoms with E-state index in [-0.39, 0.29) is 17.4 Å². The number of rotatable bonds is 6. The Morgan fingerprint density at radius 3 is 0.452 bits per heavy atom. The van der Waals surface area contributed by atoms with E-state index in [1.54, 1.807) is 0 Å². The van der Waals surface area contributed by atoms with Crippen LogP contribution in [0, 0.1) is 0 Å². The Kier molecular flexibility index (Phi) is 13.1. The molecule has 31 heavy (non-hydrogen) atoms. The third-order valence-electron chi connectivity index (χ3n) is 6.00. The standard InChI is InChI=1S/2C15H24.Cr/c2*1-10(2)13-7-14(11(3)4)9-15(8-13)12(5)6;/h2*7-12H,1-6H3;. The van der Waals surface area contributed by atoms with Crippen molar-refractivity contribution in [2.24, 2.45) is 0 Å². The summed E-state index contributed by atoms with van der Waals surface area (Å²) in [6, 6.07) is 14.2. The molecule has 174 valence electrons. The molecule has 0 spiro atoms. The minimum atomic E-state index is 0. The van der Waals surface area contributed by atoms with E-state index in [1.807, 2.05) is 0 Å². The van der Waals surface area contributed by atoms with Crippen LogP contribution in [0.2, 0.25) is 0 Å². The largest absolute Gasteiger partial charge is 0.0587 e. The molecule has 0 bridgehead atoms. The molecule has 0 heterocycles. The van der Waals surface area contributed by atoms with Gasteiger partial charge in [0, 0.05) is 17.4 Å². The molecule has 0 fully saturated rings. The second kappa shape index (κ2) is 13.5. The van der Waals surface area contributed by atoms with E-state index in [4.69, 9.17) is 0 Å². The molecule has 2 rings (SSSR count). The van der Waals surface area contributed by atoms with Gasteiger partial charge >= 0.3 is 0 Å². The van der Waals surface area contributed by atoms with E-state index in [1.165, 1.54) is 33.4 Å². The first-order valence-corrected chi connectivity index (χ1v) is 12.1. The van der Waals surface area contributed by atoms with Gasteiger partial charge < -0.3 is 0 Å². The van der Waals surface area contributed by atoms with Crippen molar-refractivity contribution in [2.45, 2.75) is 119 Å². The summed E-state index contributed by atoms with van der Waals surface area (Å²) in [4.78, 5) is 0. The smallest absolute Gasteiger partial charge is 0 e. The van der Waals surface area contributed by atoms with E-state index in [0.29, 0.717) is 35.5 Å². The maximum absolute atomic E-state index is 2.36. The molecule has 2 aromatic rings. The fourth-order valence-electron chi connectivity index (χ4n) is 3.40. The Hall–Kier alpha value is -1.03. The Bertz CT molecular complexity index is 582. The summed E-state index contributed by atoms with van der Waals surface area (Å²) in [5, 5.41) is 0. The SMILES string of the molecule is CC(C)c1cc(C(C)C)cc(C(C)C)c1.CC(C)c1cc(C(C)C)cc(C(C)C)c1.[Cr]. The fourth-order valence-corrected chi connectivity index (χ4v) is 3.40. The van der Waals surface area contributed by atoms with E-state index >= 15 is 0 Å². The van der Waals surface area contributed by atoms with Crippen molar-refractivity contribution in [3.8, 4) is 0 Å². The fraction of sp³-hybridized carbons (Fsp3) is 0.600. The van der Waals surface area contributed by atoms with Gasteiger partial charge in [-0.15, -0.1) is 0 Å². The summed E-state index contributed by atoms with van der Waals surface area (Å²) >= 11 is 0. The number of hydrogen-bond acceptors (Lipinski definition) is 0. The molecule has 0 nitrogen and oxygen atoms in total. The molecule has 0 aliphatic heterocycles. The molecule has 0 aliphatic rings. The summed E-state index contributed by atoms with van der Waals surface area (Å²) in [6.45, 7) is 27.2. The third kappa shape index (κ3) is 9.55. The molecule has 1 heteroatoms. The Labute approximate surface area is 205 Å². The average Bonchev–Trinajstić information content (AvgIpc) is 2.67. The Morgan fingerprint density at radius 2 is 0.387 bits per heavy atom. The zero-order valence-electron chi connectivity index (χ0n) is 22.3. The molecule has 0 radical (unpaired) electrons. The first-order valence-electron chi connectivity index (χ1n) is 12.1. The van der Waals surface area contributed by atoms with Gasteiger partial charge in [0.05, 0.1) is 0 Å². The van der Waals surface area contributed by atoms with E-state index in [9.17, 15) is 0 Å². The van der Waals surface area contributed by atoms with Gasteiger partial charge in [0.2, 0.25) is 0 Å². The van der Waals surface area contributed by atoms with E-state index in [2.05, 4.69) is 119 Å². The molecule has 0 unspecified atom stereocenters. The quantitative estimate of drug-likeness (QED) is 0.402. The van der Waals surface area contributed by atoms with Crippen LogP contribution in [0.3, 0.4) is 0 Å². The van der Waals surface area contributed by atoms with Crippen molar-refractivity contribution in [3.05, 3.63) is 69.8 Å². The van der Waals surface area contributed by atoms with Gasteiger partial charge in [-0.1, -0.05) is 119 Å². The van der Waals surface area contributed by atoms with Crippen LogP contribution in [-0.2, 0) is 17.4 Å². The summed E-state index contributed by atoms with van der Waals surface area (Å²) < 4.78 is 0. The Balaban J connectivity index is 0.000000562. The average molecular weight is 461 g/mol. The molecular formula is C30H48Cr. The minimum Gasteiger partial charge on any atom is -0.0587 e. The van der Waals surface area contributed by atoms with E-state index in [0.717, 1.165) is 0 Å². The molecule has 0 aromatic heterocycles. The van der Waals surface area contributed by atoms with Crippen LogP contribution in [0.4, 0.5) is 0 Å². The minimum absolute atomic E-state index is 0. The maximum atomic E-state index is 2.36. The first kappa shape index (κ1) is 30.0. The van der Waals surface area contributed by atoms with Crippen LogP contribution in [0.25, 0.3) is 0 Å². The summed E-state index contributed by atoms with van der Waals surface area (Å²) in [7, 11) is 0. The molecule has 0 N–H and O–H groups in total. The molecule has 0 atom stereocenters. The predicted molar refractivity (Wildman–Crippen MR) is 137 cm³/mol. The predicted octanol–water partition coefficient (Wildman–Crippen LogP) is 10.1. The van der Waals surface area contributed by atoms with E-state index < -0.39 is 0 Å². The van der Waals surface area contributed by atoms with Crippen LogP contribution in [0.5, 0.6) is 0 Å². The van der Waals surface area contributed by atoms with Crippen molar-refractivity contribution in [3.63, 3.8) is 0 Å². The zero-order chi connectivity index (χ0) is 23.2. The Morgan fingerprint density at radius 1 is 0.290 bits per heavy atom. The molecule has 0 aliphatic carbocycles. The number of hydrogen-bond donors (Lipinski definition) is 0. The summed E-state index contributed by atoms with van der Waals surface area (Å²) in [6.07, 6.45) is 0. The second-order valence-electron chi connectivity index (χ2n) is 10.8.